The Morgan fingerprint density at radius 3 is 2.20 bits per heavy atom. The van der Waals surface area contributed by atoms with Crippen LogP contribution in [0.25, 0.3) is 5.57 Å². The first-order valence-corrected chi connectivity index (χ1v) is 4.31. The summed E-state index contributed by atoms with van der Waals surface area (Å²) < 4.78 is 9.18. The molecule has 0 saturated heterocycles. The Hall–Kier alpha value is -1.97. The van der Waals surface area contributed by atoms with Gasteiger partial charge in [-0.05, 0) is 5.56 Å². The summed E-state index contributed by atoms with van der Waals surface area (Å²) >= 11 is 0. The van der Waals surface area contributed by atoms with Gasteiger partial charge >= 0.3 is 5.97 Å². The summed E-state index contributed by atoms with van der Waals surface area (Å²) in [5.41, 5.74) is 0.560. The molecule has 1 rings (SSSR count). The number of hydrogen-bond donors (Lipinski definition) is 1. The fourth-order valence-corrected chi connectivity index (χ4v) is 1.14. The van der Waals surface area contributed by atoms with E-state index in [1.54, 1.807) is 24.3 Å². The molecule has 0 amide bonds. The number of hydrogen-bond acceptors (Lipinski definition) is 4. The monoisotopic (exact) mass is 208 g/mol. The minimum absolute atomic E-state index is 0.0144. The van der Waals surface area contributed by atoms with Crippen molar-refractivity contribution in [1.29, 1.82) is 0 Å². The molecule has 0 bridgehead atoms. The molecule has 0 aliphatic rings. The van der Waals surface area contributed by atoms with E-state index in [-0.39, 0.29) is 5.57 Å². The van der Waals surface area contributed by atoms with Gasteiger partial charge in [0.25, 0.3) is 5.95 Å². The minimum atomic E-state index is -0.638. The molecule has 0 spiro atoms. The van der Waals surface area contributed by atoms with Crippen molar-refractivity contribution in [2.75, 3.05) is 14.2 Å². The quantitative estimate of drug-likeness (QED) is 0.467. The summed E-state index contributed by atoms with van der Waals surface area (Å²) in [6.45, 7) is 0. The van der Waals surface area contributed by atoms with Crippen molar-refractivity contribution < 1.29 is 19.4 Å². The fourth-order valence-electron chi connectivity index (χ4n) is 1.14. The van der Waals surface area contributed by atoms with Crippen LogP contribution in [0.4, 0.5) is 0 Å². The lowest BCUT2D eigenvalue weighted by Gasteiger charge is -2.07. The Morgan fingerprint density at radius 1 is 1.13 bits per heavy atom. The van der Waals surface area contributed by atoms with Crippen molar-refractivity contribution >= 4 is 11.5 Å². The molecular formula is C11H12O4. The SMILES string of the molecule is COC(=O)/C(=C(/O)OC)c1ccccc1. The molecule has 0 atom stereocenters. The maximum absolute atomic E-state index is 11.4. The van der Waals surface area contributed by atoms with E-state index in [1.807, 2.05) is 6.07 Å². The highest BCUT2D eigenvalue weighted by Crippen LogP contribution is 2.19. The van der Waals surface area contributed by atoms with Crippen LogP contribution < -0.4 is 0 Å². The van der Waals surface area contributed by atoms with Gasteiger partial charge in [-0.3, -0.25) is 0 Å². The molecular weight excluding hydrogens is 196 g/mol. The zero-order valence-electron chi connectivity index (χ0n) is 8.56. The Bertz CT molecular complexity index is 367. The molecule has 4 heteroatoms. The molecule has 15 heavy (non-hydrogen) atoms. The molecule has 0 fully saturated rings. The molecule has 80 valence electrons. The number of ether oxygens (including phenoxy) is 2. The lowest BCUT2D eigenvalue weighted by atomic mass is 10.1. The van der Waals surface area contributed by atoms with Crippen LogP contribution >= 0.6 is 0 Å². The minimum Gasteiger partial charge on any atom is -0.480 e. The zero-order chi connectivity index (χ0) is 11.3. The van der Waals surface area contributed by atoms with Crippen molar-refractivity contribution in [2.45, 2.75) is 0 Å². The number of carbonyl (C=O) groups is 1. The first-order valence-electron chi connectivity index (χ1n) is 4.31. The van der Waals surface area contributed by atoms with E-state index in [2.05, 4.69) is 9.47 Å². The Balaban J connectivity index is 3.20. The van der Waals surface area contributed by atoms with Crippen LogP contribution in [0.1, 0.15) is 5.56 Å². The van der Waals surface area contributed by atoms with Crippen LogP contribution in [-0.2, 0) is 14.3 Å². The summed E-state index contributed by atoms with van der Waals surface area (Å²) in [5, 5.41) is 9.43. The second kappa shape index (κ2) is 5.05. The maximum Gasteiger partial charge on any atom is 0.345 e. The number of carbonyl (C=O) groups excluding carboxylic acids is 1. The van der Waals surface area contributed by atoms with Crippen molar-refractivity contribution in [1.82, 2.24) is 0 Å². The molecule has 1 aromatic rings. The fraction of sp³-hybridized carbons (Fsp3) is 0.182. The highest BCUT2D eigenvalue weighted by Gasteiger charge is 2.18. The Morgan fingerprint density at radius 2 is 1.73 bits per heavy atom. The van der Waals surface area contributed by atoms with Crippen molar-refractivity contribution in [3.63, 3.8) is 0 Å². The van der Waals surface area contributed by atoms with E-state index in [0.29, 0.717) is 5.56 Å². The molecule has 0 saturated carbocycles. The summed E-state index contributed by atoms with van der Waals surface area (Å²) in [6.07, 6.45) is 0. The summed E-state index contributed by atoms with van der Waals surface area (Å²) in [6, 6.07) is 8.67. The molecule has 1 N–H and O–H groups in total. The normalized spacial score (nSPS) is 11.6. The van der Waals surface area contributed by atoms with Gasteiger partial charge in [-0.25, -0.2) is 4.79 Å². The summed E-state index contributed by atoms with van der Waals surface area (Å²) in [4.78, 5) is 11.4. The van der Waals surface area contributed by atoms with Crippen molar-refractivity contribution in [3.8, 4) is 0 Å². The van der Waals surface area contributed by atoms with Gasteiger partial charge in [0.05, 0.1) is 14.2 Å². The maximum atomic E-state index is 11.4. The standard InChI is InChI=1S/C11H12O4/c1-14-10(12)9(11(13)15-2)8-6-4-3-5-7-8/h3-7,12H,1-2H3/b10-9-. The van der Waals surface area contributed by atoms with Gasteiger partial charge in [0.15, 0.2) is 0 Å². The third-order valence-electron chi connectivity index (χ3n) is 1.86. The number of rotatable bonds is 3. The summed E-state index contributed by atoms with van der Waals surface area (Å²) in [5.74, 6) is -1.09. The average Bonchev–Trinajstić information content (AvgIpc) is 2.30. The highest BCUT2D eigenvalue weighted by molar-refractivity contribution is 6.16. The van der Waals surface area contributed by atoms with Gasteiger partial charge < -0.3 is 14.6 Å². The van der Waals surface area contributed by atoms with Gasteiger partial charge in [0, 0.05) is 0 Å². The molecule has 0 aliphatic heterocycles. The topological polar surface area (TPSA) is 55.8 Å². The van der Waals surface area contributed by atoms with Crippen molar-refractivity contribution in [3.05, 3.63) is 41.8 Å². The van der Waals surface area contributed by atoms with Crippen LogP contribution in [0, 0.1) is 0 Å². The number of esters is 1. The molecule has 0 unspecified atom stereocenters. The predicted octanol–water partition coefficient (Wildman–Crippen LogP) is 1.73. The van der Waals surface area contributed by atoms with Crippen LogP contribution in [0.15, 0.2) is 36.3 Å². The smallest absolute Gasteiger partial charge is 0.345 e. The van der Waals surface area contributed by atoms with E-state index in [4.69, 9.17) is 0 Å². The number of aliphatic hydroxyl groups excluding tert-OH is 1. The molecule has 0 radical (unpaired) electrons. The van der Waals surface area contributed by atoms with Gasteiger partial charge in [0.2, 0.25) is 0 Å². The van der Waals surface area contributed by atoms with Crippen LogP contribution in [0.5, 0.6) is 0 Å². The van der Waals surface area contributed by atoms with Crippen LogP contribution in [0.2, 0.25) is 0 Å². The second-order valence-electron chi connectivity index (χ2n) is 2.74. The largest absolute Gasteiger partial charge is 0.480 e. The Labute approximate surface area is 87.7 Å². The molecule has 0 heterocycles. The second-order valence-corrected chi connectivity index (χ2v) is 2.74. The lowest BCUT2D eigenvalue weighted by Crippen LogP contribution is -2.08. The molecule has 1 aromatic carbocycles. The van der Waals surface area contributed by atoms with Gasteiger partial charge in [-0.1, -0.05) is 30.3 Å². The molecule has 0 aliphatic carbocycles. The third kappa shape index (κ3) is 2.49. The Kier molecular flexibility index (Phi) is 3.74. The van der Waals surface area contributed by atoms with Gasteiger partial charge in [-0.2, -0.15) is 0 Å². The predicted molar refractivity (Wildman–Crippen MR) is 55.0 cm³/mol. The first-order chi connectivity index (χ1) is 7.20. The summed E-state index contributed by atoms with van der Waals surface area (Å²) in [7, 11) is 2.52. The van der Waals surface area contributed by atoms with Crippen LogP contribution in [-0.4, -0.2) is 25.3 Å². The number of benzene rings is 1. The number of methoxy groups -OCH3 is 2. The van der Waals surface area contributed by atoms with Gasteiger partial charge in [-0.15, -0.1) is 0 Å². The van der Waals surface area contributed by atoms with E-state index in [0.717, 1.165) is 0 Å². The number of aliphatic hydroxyl groups is 1. The van der Waals surface area contributed by atoms with E-state index >= 15 is 0 Å². The van der Waals surface area contributed by atoms with Crippen LogP contribution in [0.3, 0.4) is 0 Å². The average molecular weight is 208 g/mol. The zero-order valence-corrected chi connectivity index (χ0v) is 8.56. The van der Waals surface area contributed by atoms with Crippen molar-refractivity contribution in [2.24, 2.45) is 0 Å². The van der Waals surface area contributed by atoms with E-state index in [1.165, 1.54) is 14.2 Å². The molecule has 0 aromatic heterocycles. The highest BCUT2D eigenvalue weighted by atomic mass is 16.6. The van der Waals surface area contributed by atoms with Gasteiger partial charge in [0.1, 0.15) is 5.57 Å². The first kappa shape index (κ1) is 11.1. The van der Waals surface area contributed by atoms with E-state index < -0.39 is 11.9 Å². The molecule has 4 nitrogen and oxygen atoms in total. The lowest BCUT2D eigenvalue weighted by molar-refractivity contribution is -0.134. The third-order valence-corrected chi connectivity index (χ3v) is 1.86. The van der Waals surface area contributed by atoms with E-state index in [9.17, 15) is 9.90 Å².